The maximum absolute atomic E-state index is 10.3. The molecule has 138 valence electrons. The van der Waals surface area contributed by atoms with E-state index in [1.54, 1.807) is 24.3 Å². The number of aliphatic hydroxyl groups excluding tert-OH is 1. The molecule has 1 atom stereocenters. The Morgan fingerprint density at radius 3 is 1.96 bits per heavy atom. The molecule has 0 aromatic rings. The van der Waals surface area contributed by atoms with E-state index >= 15 is 0 Å². The number of carbonyl (C=O) groups is 1. The summed E-state index contributed by atoms with van der Waals surface area (Å²) in [5.41, 5.74) is 0. The summed E-state index contributed by atoms with van der Waals surface area (Å²) in [6.07, 6.45) is 28.6. The zero-order chi connectivity index (χ0) is 18.6. The first-order chi connectivity index (χ1) is 12.2. The Kier molecular flexibility index (Phi) is 16.7. The predicted molar refractivity (Wildman–Crippen MR) is 106 cm³/mol. The van der Waals surface area contributed by atoms with Gasteiger partial charge in [0.05, 0.1) is 6.10 Å². The molecule has 3 nitrogen and oxygen atoms in total. The first-order valence-corrected chi connectivity index (χ1v) is 9.00. The Hall–Kier alpha value is -2.13. The molecule has 0 unspecified atom stereocenters. The summed E-state index contributed by atoms with van der Waals surface area (Å²) in [5.74, 6) is -0.798. The lowest BCUT2D eigenvalue weighted by molar-refractivity contribution is -0.136. The van der Waals surface area contributed by atoms with E-state index in [0.717, 1.165) is 25.7 Å². The minimum Gasteiger partial charge on any atom is -0.481 e. The van der Waals surface area contributed by atoms with Crippen molar-refractivity contribution in [3.05, 3.63) is 72.9 Å². The maximum Gasteiger partial charge on any atom is 0.303 e. The average molecular weight is 344 g/mol. The lowest BCUT2D eigenvalue weighted by Gasteiger charge is -1.98. The van der Waals surface area contributed by atoms with Gasteiger partial charge in [0.15, 0.2) is 0 Å². The van der Waals surface area contributed by atoms with Crippen molar-refractivity contribution in [2.24, 2.45) is 0 Å². The molecule has 0 aliphatic heterocycles. The maximum atomic E-state index is 10.3. The highest BCUT2D eigenvalue weighted by molar-refractivity contribution is 5.66. The first kappa shape index (κ1) is 22.9. The second kappa shape index (κ2) is 18.2. The van der Waals surface area contributed by atoms with Gasteiger partial charge in [0.1, 0.15) is 0 Å². The van der Waals surface area contributed by atoms with Gasteiger partial charge in [-0.1, -0.05) is 79.8 Å². The highest BCUT2D eigenvalue weighted by atomic mass is 16.4. The highest BCUT2D eigenvalue weighted by Gasteiger charge is 1.93. The summed E-state index contributed by atoms with van der Waals surface area (Å²) < 4.78 is 0. The van der Waals surface area contributed by atoms with Crippen molar-refractivity contribution in [2.45, 2.75) is 58.0 Å². The van der Waals surface area contributed by atoms with Crippen molar-refractivity contribution in [1.82, 2.24) is 0 Å². The van der Waals surface area contributed by atoms with Gasteiger partial charge in [-0.25, -0.2) is 0 Å². The number of aliphatic hydroxyl groups is 1. The van der Waals surface area contributed by atoms with Gasteiger partial charge in [0.25, 0.3) is 0 Å². The predicted octanol–water partition coefficient (Wildman–Crippen LogP) is 5.52. The molecule has 0 saturated heterocycles. The van der Waals surface area contributed by atoms with Crippen LogP contribution in [-0.2, 0) is 4.79 Å². The van der Waals surface area contributed by atoms with Crippen molar-refractivity contribution in [2.75, 3.05) is 0 Å². The molecule has 0 rings (SSSR count). The number of carboxylic acid groups (broad SMARTS) is 1. The van der Waals surface area contributed by atoms with Crippen LogP contribution < -0.4 is 0 Å². The summed E-state index contributed by atoms with van der Waals surface area (Å²) in [7, 11) is 0. The highest BCUT2D eigenvalue weighted by Crippen LogP contribution is 1.99. The third-order valence-electron chi connectivity index (χ3n) is 3.20. The van der Waals surface area contributed by atoms with Crippen LogP contribution in [0.4, 0.5) is 0 Å². The molecule has 0 spiro atoms. The van der Waals surface area contributed by atoms with Crippen LogP contribution in [0, 0.1) is 0 Å². The van der Waals surface area contributed by atoms with E-state index in [9.17, 15) is 9.90 Å². The van der Waals surface area contributed by atoms with Crippen LogP contribution in [0.25, 0.3) is 0 Å². The number of aliphatic carboxylic acids is 1. The second-order valence-corrected chi connectivity index (χ2v) is 5.55. The number of carboxylic acids is 1. The molecule has 0 radical (unpaired) electrons. The fraction of sp³-hybridized carbons (Fsp3) is 0.409. The summed E-state index contributed by atoms with van der Waals surface area (Å²) in [5, 5.41) is 18.2. The van der Waals surface area contributed by atoms with Gasteiger partial charge in [0.2, 0.25) is 0 Å². The Labute approximate surface area is 152 Å². The van der Waals surface area contributed by atoms with Crippen LogP contribution in [0.5, 0.6) is 0 Å². The van der Waals surface area contributed by atoms with Crippen LogP contribution >= 0.6 is 0 Å². The third-order valence-corrected chi connectivity index (χ3v) is 3.20. The van der Waals surface area contributed by atoms with E-state index in [1.165, 1.54) is 0 Å². The molecule has 3 heteroatoms. The number of allylic oxidation sites excluding steroid dienone is 10. The third kappa shape index (κ3) is 19.8. The van der Waals surface area contributed by atoms with Gasteiger partial charge in [-0.3, -0.25) is 4.79 Å². The van der Waals surface area contributed by atoms with Crippen molar-refractivity contribution < 1.29 is 15.0 Å². The van der Waals surface area contributed by atoms with Crippen molar-refractivity contribution in [3.8, 4) is 0 Å². The minimum atomic E-state index is -0.798. The molecular weight excluding hydrogens is 312 g/mol. The van der Waals surface area contributed by atoms with Crippen LogP contribution in [0.15, 0.2) is 72.9 Å². The van der Waals surface area contributed by atoms with E-state index in [0.29, 0.717) is 12.8 Å². The van der Waals surface area contributed by atoms with E-state index < -0.39 is 12.1 Å². The summed E-state index contributed by atoms with van der Waals surface area (Å²) in [6.45, 7) is 2.13. The fourth-order valence-electron chi connectivity index (χ4n) is 1.87. The van der Waals surface area contributed by atoms with E-state index in [1.807, 2.05) is 12.2 Å². The molecular formula is C22H32O3. The lowest BCUT2D eigenvalue weighted by atomic mass is 10.2. The molecule has 0 heterocycles. The van der Waals surface area contributed by atoms with Gasteiger partial charge >= 0.3 is 5.97 Å². The van der Waals surface area contributed by atoms with Gasteiger partial charge in [-0.05, 0) is 38.5 Å². The van der Waals surface area contributed by atoms with Crippen LogP contribution in [0.1, 0.15) is 51.9 Å². The zero-order valence-corrected chi connectivity index (χ0v) is 15.3. The SMILES string of the molecule is CC/C=C\C/C=C\C/C=C\C/C=C\C[C@H](O)/C=C/C=C\CCC(=O)O. The first-order valence-electron chi connectivity index (χ1n) is 9.00. The number of rotatable bonds is 14. The molecule has 0 amide bonds. The Morgan fingerprint density at radius 2 is 1.40 bits per heavy atom. The van der Waals surface area contributed by atoms with Crippen molar-refractivity contribution >= 4 is 5.97 Å². The molecule has 2 N–H and O–H groups in total. The Balaban J connectivity index is 3.70. The summed E-state index contributed by atoms with van der Waals surface area (Å²) >= 11 is 0. The summed E-state index contributed by atoms with van der Waals surface area (Å²) in [6, 6.07) is 0. The van der Waals surface area contributed by atoms with Crippen LogP contribution in [-0.4, -0.2) is 22.3 Å². The van der Waals surface area contributed by atoms with Gasteiger partial charge in [-0.2, -0.15) is 0 Å². The fourth-order valence-corrected chi connectivity index (χ4v) is 1.87. The molecule has 0 fully saturated rings. The molecule has 0 aromatic heterocycles. The van der Waals surface area contributed by atoms with Crippen molar-refractivity contribution in [3.63, 3.8) is 0 Å². The standard InChI is InChI=1S/C22H32O3/c1-2-3-4-5-6-7-8-9-10-11-12-15-18-21(23)19-16-13-14-17-20-22(24)25/h3-4,6-7,9-10,12-16,19,21,23H,2,5,8,11,17-18,20H2,1H3,(H,24,25)/b4-3-,7-6-,10-9-,14-13-,15-12-,19-16+/t21-/m0/s1. The smallest absolute Gasteiger partial charge is 0.303 e. The largest absolute Gasteiger partial charge is 0.481 e. The van der Waals surface area contributed by atoms with E-state index in [-0.39, 0.29) is 6.42 Å². The second-order valence-electron chi connectivity index (χ2n) is 5.55. The van der Waals surface area contributed by atoms with Crippen LogP contribution in [0.2, 0.25) is 0 Å². The molecule has 0 aliphatic carbocycles. The molecule has 0 bridgehead atoms. The monoisotopic (exact) mass is 344 g/mol. The molecule has 25 heavy (non-hydrogen) atoms. The van der Waals surface area contributed by atoms with Gasteiger partial charge in [-0.15, -0.1) is 0 Å². The average Bonchev–Trinajstić information content (AvgIpc) is 2.58. The zero-order valence-electron chi connectivity index (χ0n) is 15.3. The topological polar surface area (TPSA) is 57.5 Å². The van der Waals surface area contributed by atoms with Gasteiger partial charge in [0, 0.05) is 6.42 Å². The number of hydrogen-bond acceptors (Lipinski definition) is 2. The Morgan fingerprint density at radius 1 is 0.840 bits per heavy atom. The van der Waals surface area contributed by atoms with E-state index in [4.69, 9.17) is 5.11 Å². The number of hydrogen-bond donors (Lipinski definition) is 2. The normalized spacial score (nSPS) is 14.3. The van der Waals surface area contributed by atoms with Crippen molar-refractivity contribution in [1.29, 1.82) is 0 Å². The summed E-state index contributed by atoms with van der Waals surface area (Å²) in [4.78, 5) is 10.3. The quantitative estimate of drug-likeness (QED) is 0.322. The minimum absolute atomic E-state index is 0.134. The molecule has 0 aliphatic rings. The van der Waals surface area contributed by atoms with Gasteiger partial charge < -0.3 is 10.2 Å². The van der Waals surface area contributed by atoms with E-state index in [2.05, 4.69) is 43.4 Å². The Bertz CT molecular complexity index is 493. The lowest BCUT2D eigenvalue weighted by Crippen LogP contribution is -1.98. The van der Waals surface area contributed by atoms with Crippen LogP contribution in [0.3, 0.4) is 0 Å². The molecule has 0 saturated carbocycles. The molecule has 0 aromatic carbocycles.